The Bertz CT molecular complexity index is 485. The van der Waals surface area contributed by atoms with Gasteiger partial charge in [0, 0.05) is 16.9 Å². The van der Waals surface area contributed by atoms with Gasteiger partial charge in [-0.1, -0.05) is 22.0 Å². The molecular weight excluding hydrogens is 313 g/mol. The first kappa shape index (κ1) is 10.1. The van der Waals surface area contributed by atoms with Crippen LogP contribution in [0.5, 0.6) is 0 Å². The molecule has 0 amide bonds. The van der Waals surface area contributed by atoms with E-state index in [1.807, 2.05) is 12.1 Å². The van der Waals surface area contributed by atoms with E-state index in [-0.39, 0.29) is 5.82 Å². The second-order valence-electron chi connectivity index (χ2n) is 2.89. The normalized spacial score (nSPS) is 10.8. The van der Waals surface area contributed by atoms with Crippen molar-refractivity contribution in [3.05, 3.63) is 40.4 Å². The molecule has 0 aliphatic rings. The first-order valence-corrected chi connectivity index (χ1v) is 5.92. The average Bonchev–Trinajstić information content (AvgIpc) is 2.23. The smallest absolute Gasteiger partial charge is 0.146 e. The van der Waals surface area contributed by atoms with Crippen LogP contribution in [-0.4, -0.2) is 4.98 Å². The predicted molar refractivity (Wildman–Crippen MR) is 62.0 cm³/mol. The SMILES string of the molecule is Fc1c(Br)ccc2cc(CBr)ncc12. The maximum Gasteiger partial charge on any atom is 0.146 e. The van der Waals surface area contributed by atoms with Crippen LogP contribution in [0.2, 0.25) is 0 Å². The van der Waals surface area contributed by atoms with E-state index in [4.69, 9.17) is 0 Å². The third-order valence-electron chi connectivity index (χ3n) is 1.98. The molecule has 0 fully saturated rings. The van der Waals surface area contributed by atoms with Crippen LogP contribution in [-0.2, 0) is 5.33 Å². The average molecular weight is 319 g/mol. The van der Waals surface area contributed by atoms with Crippen molar-refractivity contribution in [3.8, 4) is 0 Å². The Kier molecular flexibility index (Phi) is 2.83. The van der Waals surface area contributed by atoms with Crippen molar-refractivity contribution in [1.29, 1.82) is 0 Å². The summed E-state index contributed by atoms with van der Waals surface area (Å²) in [7, 11) is 0. The quantitative estimate of drug-likeness (QED) is 0.723. The molecule has 1 nitrogen and oxygen atoms in total. The Morgan fingerprint density at radius 3 is 2.86 bits per heavy atom. The summed E-state index contributed by atoms with van der Waals surface area (Å²) < 4.78 is 14.0. The minimum absolute atomic E-state index is 0.254. The van der Waals surface area contributed by atoms with Gasteiger partial charge in [0.1, 0.15) is 5.82 Å². The summed E-state index contributed by atoms with van der Waals surface area (Å²) in [5.41, 5.74) is 0.902. The second-order valence-corrected chi connectivity index (χ2v) is 4.31. The fourth-order valence-corrected chi connectivity index (χ4v) is 1.93. The summed E-state index contributed by atoms with van der Waals surface area (Å²) in [5.74, 6) is -0.254. The highest BCUT2D eigenvalue weighted by molar-refractivity contribution is 9.10. The highest BCUT2D eigenvalue weighted by atomic mass is 79.9. The minimum atomic E-state index is -0.254. The molecule has 0 radical (unpaired) electrons. The van der Waals surface area contributed by atoms with Crippen LogP contribution in [0.15, 0.2) is 28.9 Å². The molecule has 0 aliphatic heterocycles. The first-order chi connectivity index (χ1) is 6.72. The number of rotatable bonds is 1. The largest absolute Gasteiger partial charge is 0.260 e. The maximum atomic E-state index is 13.5. The Balaban J connectivity index is 2.74. The molecule has 0 bridgehead atoms. The van der Waals surface area contributed by atoms with E-state index >= 15 is 0 Å². The summed E-state index contributed by atoms with van der Waals surface area (Å²) in [6.07, 6.45) is 1.56. The van der Waals surface area contributed by atoms with Crippen LogP contribution in [0.3, 0.4) is 0 Å². The number of aromatic nitrogens is 1. The van der Waals surface area contributed by atoms with Crippen LogP contribution in [0.25, 0.3) is 10.8 Å². The molecular formula is C10H6Br2FN. The third kappa shape index (κ3) is 1.68. The van der Waals surface area contributed by atoms with Gasteiger partial charge in [0.05, 0.1) is 10.2 Å². The standard InChI is InChI=1S/C10H6Br2FN/c11-4-7-3-6-1-2-9(12)10(13)8(6)5-14-7/h1-3,5H,4H2. The van der Waals surface area contributed by atoms with Gasteiger partial charge in [-0.05, 0) is 33.4 Å². The van der Waals surface area contributed by atoms with E-state index in [2.05, 4.69) is 36.8 Å². The van der Waals surface area contributed by atoms with Crippen molar-refractivity contribution in [1.82, 2.24) is 4.98 Å². The Labute approximate surface area is 97.6 Å². The predicted octanol–water partition coefficient (Wildman–Crippen LogP) is 4.03. The van der Waals surface area contributed by atoms with E-state index in [1.165, 1.54) is 0 Å². The van der Waals surface area contributed by atoms with Crippen molar-refractivity contribution in [3.63, 3.8) is 0 Å². The molecule has 0 aliphatic carbocycles. The highest BCUT2D eigenvalue weighted by Gasteiger charge is 2.05. The third-order valence-corrected chi connectivity index (χ3v) is 3.17. The molecule has 0 N–H and O–H groups in total. The number of benzene rings is 1. The van der Waals surface area contributed by atoms with Gasteiger partial charge in [-0.15, -0.1) is 0 Å². The zero-order chi connectivity index (χ0) is 10.1. The van der Waals surface area contributed by atoms with Crippen LogP contribution >= 0.6 is 31.9 Å². The second kappa shape index (κ2) is 3.95. The van der Waals surface area contributed by atoms with Gasteiger partial charge in [-0.25, -0.2) is 4.39 Å². The molecule has 1 aromatic carbocycles. The van der Waals surface area contributed by atoms with E-state index < -0.39 is 0 Å². The molecule has 0 atom stereocenters. The molecule has 1 heterocycles. The lowest BCUT2D eigenvalue weighted by Crippen LogP contribution is -1.88. The molecule has 2 rings (SSSR count). The van der Waals surface area contributed by atoms with E-state index in [1.54, 1.807) is 12.3 Å². The number of pyridine rings is 1. The summed E-state index contributed by atoms with van der Waals surface area (Å²) >= 11 is 6.45. The summed E-state index contributed by atoms with van der Waals surface area (Å²) in [4.78, 5) is 4.12. The first-order valence-electron chi connectivity index (χ1n) is 4.01. The Morgan fingerprint density at radius 1 is 1.36 bits per heavy atom. The molecule has 0 unspecified atom stereocenters. The van der Waals surface area contributed by atoms with Gasteiger partial charge < -0.3 is 0 Å². The minimum Gasteiger partial charge on any atom is -0.260 e. The van der Waals surface area contributed by atoms with E-state index in [9.17, 15) is 4.39 Å². The van der Waals surface area contributed by atoms with Crippen molar-refractivity contribution in [2.24, 2.45) is 0 Å². The van der Waals surface area contributed by atoms with Crippen LogP contribution in [0, 0.1) is 5.82 Å². The molecule has 14 heavy (non-hydrogen) atoms. The van der Waals surface area contributed by atoms with Gasteiger partial charge in [-0.2, -0.15) is 0 Å². The highest BCUT2D eigenvalue weighted by Crippen LogP contribution is 2.24. The molecule has 0 saturated carbocycles. The molecule has 0 saturated heterocycles. The van der Waals surface area contributed by atoms with Crippen molar-refractivity contribution < 1.29 is 4.39 Å². The molecule has 0 spiro atoms. The summed E-state index contributed by atoms with van der Waals surface area (Å²) in [5, 5.41) is 2.10. The van der Waals surface area contributed by atoms with Crippen LogP contribution < -0.4 is 0 Å². The van der Waals surface area contributed by atoms with Crippen LogP contribution in [0.4, 0.5) is 4.39 Å². The zero-order valence-corrected chi connectivity index (χ0v) is 10.3. The zero-order valence-electron chi connectivity index (χ0n) is 7.10. The number of hydrogen-bond donors (Lipinski definition) is 0. The lowest BCUT2D eigenvalue weighted by atomic mass is 10.1. The van der Waals surface area contributed by atoms with Gasteiger partial charge in [0.25, 0.3) is 0 Å². The number of hydrogen-bond acceptors (Lipinski definition) is 1. The molecule has 1 aromatic heterocycles. The molecule has 2 aromatic rings. The number of fused-ring (bicyclic) bond motifs is 1. The van der Waals surface area contributed by atoms with Gasteiger partial charge in [-0.3, -0.25) is 4.98 Å². The van der Waals surface area contributed by atoms with Crippen LogP contribution in [0.1, 0.15) is 5.69 Å². The lowest BCUT2D eigenvalue weighted by Gasteiger charge is -2.02. The summed E-state index contributed by atoms with van der Waals surface area (Å²) in [6, 6.07) is 5.45. The number of halogens is 3. The van der Waals surface area contributed by atoms with Gasteiger partial charge in [0.2, 0.25) is 0 Å². The molecule has 72 valence electrons. The van der Waals surface area contributed by atoms with Gasteiger partial charge in [0.15, 0.2) is 0 Å². The number of alkyl halides is 1. The van der Waals surface area contributed by atoms with Crippen molar-refractivity contribution in [2.45, 2.75) is 5.33 Å². The number of nitrogens with zero attached hydrogens (tertiary/aromatic N) is 1. The van der Waals surface area contributed by atoms with E-state index in [0.717, 1.165) is 11.1 Å². The topological polar surface area (TPSA) is 12.9 Å². The fraction of sp³-hybridized carbons (Fsp3) is 0.100. The Morgan fingerprint density at radius 2 is 2.14 bits per heavy atom. The van der Waals surface area contributed by atoms with E-state index in [0.29, 0.717) is 15.2 Å². The summed E-state index contributed by atoms with van der Waals surface area (Å²) in [6.45, 7) is 0. The Hall–Kier alpha value is -0.480. The molecule has 4 heteroatoms. The van der Waals surface area contributed by atoms with Gasteiger partial charge >= 0.3 is 0 Å². The fourth-order valence-electron chi connectivity index (χ4n) is 1.28. The monoisotopic (exact) mass is 317 g/mol. The van der Waals surface area contributed by atoms with Crippen molar-refractivity contribution in [2.75, 3.05) is 0 Å². The van der Waals surface area contributed by atoms with Crippen molar-refractivity contribution >= 4 is 42.6 Å². The lowest BCUT2D eigenvalue weighted by molar-refractivity contribution is 0.633. The maximum absolute atomic E-state index is 13.5.